The van der Waals surface area contributed by atoms with Crippen LogP contribution in [0.2, 0.25) is 0 Å². The van der Waals surface area contributed by atoms with Gasteiger partial charge in [0.1, 0.15) is 5.82 Å². The molecule has 7 heteroatoms. The van der Waals surface area contributed by atoms with Gasteiger partial charge in [-0.1, -0.05) is 6.07 Å². The van der Waals surface area contributed by atoms with Gasteiger partial charge in [0.05, 0.1) is 18.3 Å². The van der Waals surface area contributed by atoms with E-state index in [0.717, 1.165) is 58.3 Å². The second-order valence-electron chi connectivity index (χ2n) is 10.8. The van der Waals surface area contributed by atoms with Crippen LogP contribution in [-0.4, -0.2) is 31.5 Å². The van der Waals surface area contributed by atoms with Crippen molar-refractivity contribution in [3.8, 4) is 11.1 Å². The van der Waals surface area contributed by atoms with Crippen LogP contribution in [0.25, 0.3) is 11.1 Å². The van der Waals surface area contributed by atoms with Crippen LogP contribution < -0.4 is 5.62 Å². The lowest BCUT2D eigenvalue weighted by Crippen LogP contribution is -2.42. The van der Waals surface area contributed by atoms with Crippen LogP contribution in [0.1, 0.15) is 57.2 Å². The quantitative estimate of drug-likeness (QED) is 0.382. The molecule has 2 aliphatic rings. The van der Waals surface area contributed by atoms with Crippen molar-refractivity contribution >= 4 is 5.91 Å². The summed E-state index contributed by atoms with van der Waals surface area (Å²) in [5.74, 6) is 0.191. The number of aryl methyl sites for hydroxylation is 3. The monoisotopic (exact) mass is 509 g/mol. The first-order valence-electron chi connectivity index (χ1n) is 13.2. The minimum atomic E-state index is -0.268. The van der Waals surface area contributed by atoms with Gasteiger partial charge in [0.2, 0.25) is 5.62 Å². The molecular formula is C31H32FN5O. The number of aromatic nitrogens is 3. The largest absolute Gasteiger partial charge is 0.329 e. The van der Waals surface area contributed by atoms with Crippen molar-refractivity contribution in [1.29, 1.82) is 5.41 Å². The van der Waals surface area contributed by atoms with Crippen LogP contribution in [0.3, 0.4) is 0 Å². The van der Waals surface area contributed by atoms with E-state index < -0.39 is 0 Å². The maximum Gasteiger partial charge on any atom is 0.254 e. The Kier molecular flexibility index (Phi) is 6.01. The summed E-state index contributed by atoms with van der Waals surface area (Å²) in [4.78, 5) is 20.9. The average Bonchev–Trinajstić information content (AvgIpc) is 3.67. The van der Waals surface area contributed by atoms with Gasteiger partial charge in [-0.15, -0.1) is 0 Å². The maximum atomic E-state index is 14.2. The zero-order valence-electron chi connectivity index (χ0n) is 22.0. The fourth-order valence-corrected chi connectivity index (χ4v) is 5.84. The SMILES string of the molecule is Cc1ccnc(C(C2CC2)N2CCc3c(cc(Cn4ccn(C)c4=N)cc3-c3ccc(F)cc3C)C2=O)c1. The summed E-state index contributed by atoms with van der Waals surface area (Å²) in [5, 5.41) is 8.38. The van der Waals surface area contributed by atoms with Gasteiger partial charge in [0, 0.05) is 37.7 Å². The number of fused-ring (bicyclic) bond motifs is 1. The van der Waals surface area contributed by atoms with Crippen molar-refractivity contribution in [3.63, 3.8) is 0 Å². The standard InChI is InChI=1S/C31H32FN5O/c1-19-8-10-34-28(14-19)29(22-4-5-22)37-11-9-25-26(24-7-6-23(32)15-20(24)2)16-21(17-27(25)30(37)38)18-36-13-12-35(3)31(36)33/h6-8,10,12-17,22,29,33H,4-5,9,11,18H2,1-3H3. The molecule has 4 aromatic rings. The summed E-state index contributed by atoms with van der Waals surface area (Å²) in [6.45, 7) is 5.07. The zero-order valence-corrected chi connectivity index (χ0v) is 22.0. The number of carbonyl (C=O) groups is 1. The number of hydrogen-bond acceptors (Lipinski definition) is 3. The molecular weight excluding hydrogens is 477 g/mol. The minimum absolute atomic E-state index is 0.0264. The molecule has 38 heavy (non-hydrogen) atoms. The van der Waals surface area contributed by atoms with Crippen LogP contribution in [0.4, 0.5) is 4.39 Å². The predicted octanol–water partition coefficient (Wildman–Crippen LogP) is 5.32. The molecule has 0 bridgehead atoms. The third-order valence-corrected chi connectivity index (χ3v) is 7.96. The Bertz CT molecular complexity index is 1610. The molecule has 1 atom stereocenters. The molecule has 0 radical (unpaired) electrons. The summed E-state index contributed by atoms with van der Waals surface area (Å²) in [6.07, 6.45) is 8.51. The minimum Gasteiger partial charge on any atom is -0.329 e. The average molecular weight is 510 g/mol. The fraction of sp³-hybridized carbons (Fsp3) is 0.323. The van der Waals surface area contributed by atoms with Gasteiger partial charge < -0.3 is 14.0 Å². The van der Waals surface area contributed by atoms with E-state index in [2.05, 4.69) is 24.0 Å². The number of halogens is 1. The third kappa shape index (κ3) is 4.36. The smallest absolute Gasteiger partial charge is 0.254 e. The van der Waals surface area contributed by atoms with Gasteiger partial charge in [-0.05, 0) is 109 Å². The summed E-state index contributed by atoms with van der Waals surface area (Å²) >= 11 is 0. The number of carbonyl (C=O) groups excluding carboxylic acids is 1. The first-order valence-corrected chi connectivity index (χ1v) is 13.2. The Morgan fingerprint density at radius 2 is 1.84 bits per heavy atom. The molecule has 2 aromatic carbocycles. The lowest BCUT2D eigenvalue weighted by Gasteiger charge is -2.36. The Labute approximate surface area is 221 Å². The predicted molar refractivity (Wildman–Crippen MR) is 144 cm³/mol. The lowest BCUT2D eigenvalue weighted by molar-refractivity contribution is 0.0627. The summed E-state index contributed by atoms with van der Waals surface area (Å²) in [6, 6.07) is 13.0. The molecule has 6 rings (SSSR count). The van der Waals surface area contributed by atoms with Gasteiger partial charge in [-0.3, -0.25) is 15.2 Å². The molecule has 194 valence electrons. The molecule has 1 fully saturated rings. The van der Waals surface area contributed by atoms with Crippen LogP contribution in [0.5, 0.6) is 0 Å². The number of hydrogen-bond donors (Lipinski definition) is 1. The van der Waals surface area contributed by atoms with Crippen molar-refractivity contribution in [2.24, 2.45) is 13.0 Å². The van der Waals surface area contributed by atoms with Crippen molar-refractivity contribution in [1.82, 2.24) is 19.0 Å². The highest BCUT2D eigenvalue weighted by Gasteiger charge is 2.41. The van der Waals surface area contributed by atoms with E-state index in [0.29, 0.717) is 30.2 Å². The molecule has 1 aliphatic carbocycles. The summed E-state index contributed by atoms with van der Waals surface area (Å²) < 4.78 is 17.6. The molecule has 2 aromatic heterocycles. The number of imidazole rings is 1. The normalized spacial score (nSPS) is 16.0. The maximum absolute atomic E-state index is 14.2. The Hall–Kier alpha value is -4.00. The van der Waals surface area contributed by atoms with E-state index in [1.807, 2.05) is 60.2 Å². The van der Waals surface area contributed by atoms with E-state index in [1.54, 1.807) is 10.6 Å². The zero-order chi connectivity index (χ0) is 26.6. The first-order chi connectivity index (χ1) is 18.3. The van der Waals surface area contributed by atoms with Gasteiger partial charge in [-0.2, -0.15) is 0 Å². The molecule has 1 unspecified atom stereocenters. The van der Waals surface area contributed by atoms with E-state index in [1.165, 1.54) is 6.07 Å². The second-order valence-corrected chi connectivity index (χ2v) is 10.8. The van der Waals surface area contributed by atoms with E-state index in [4.69, 9.17) is 5.41 Å². The third-order valence-electron chi connectivity index (χ3n) is 7.96. The van der Waals surface area contributed by atoms with E-state index in [9.17, 15) is 9.18 Å². The molecule has 3 heterocycles. The highest BCUT2D eigenvalue weighted by molar-refractivity contribution is 5.99. The molecule has 1 saturated carbocycles. The number of benzene rings is 2. The lowest BCUT2D eigenvalue weighted by atomic mass is 9.86. The van der Waals surface area contributed by atoms with Crippen LogP contribution in [-0.2, 0) is 20.0 Å². The molecule has 0 saturated heterocycles. The number of amides is 1. The van der Waals surface area contributed by atoms with Crippen LogP contribution >= 0.6 is 0 Å². The van der Waals surface area contributed by atoms with Gasteiger partial charge in [0.15, 0.2) is 0 Å². The fourth-order valence-electron chi connectivity index (χ4n) is 5.84. The molecule has 1 aliphatic heterocycles. The summed E-state index contributed by atoms with van der Waals surface area (Å²) in [7, 11) is 1.84. The topological polar surface area (TPSA) is 66.9 Å². The summed E-state index contributed by atoms with van der Waals surface area (Å²) in [5.41, 5.74) is 7.91. The van der Waals surface area contributed by atoms with Crippen LogP contribution in [0.15, 0.2) is 61.1 Å². The van der Waals surface area contributed by atoms with Crippen molar-refractivity contribution in [3.05, 3.63) is 106 Å². The number of pyridine rings is 1. The molecule has 1 N–H and O–H groups in total. The highest BCUT2D eigenvalue weighted by atomic mass is 19.1. The highest BCUT2D eigenvalue weighted by Crippen LogP contribution is 2.46. The second kappa shape index (κ2) is 9.39. The Morgan fingerprint density at radius 3 is 2.53 bits per heavy atom. The van der Waals surface area contributed by atoms with Gasteiger partial charge >= 0.3 is 0 Å². The number of rotatable bonds is 6. The first kappa shape index (κ1) is 24.3. The molecule has 1 amide bonds. The van der Waals surface area contributed by atoms with E-state index in [-0.39, 0.29) is 17.8 Å². The van der Waals surface area contributed by atoms with Crippen LogP contribution in [0, 0.1) is 31.0 Å². The van der Waals surface area contributed by atoms with E-state index >= 15 is 0 Å². The van der Waals surface area contributed by atoms with Gasteiger partial charge in [0.25, 0.3) is 5.91 Å². The Balaban J connectivity index is 1.47. The molecule has 6 nitrogen and oxygen atoms in total. The van der Waals surface area contributed by atoms with Crippen molar-refractivity contribution in [2.75, 3.05) is 6.54 Å². The van der Waals surface area contributed by atoms with Gasteiger partial charge in [-0.25, -0.2) is 4.39 Å². The molecule has 0 spiro atoms. The Morgan fingerprint density at radius 1 is 1.05 bits per heavy atom. The van der Waals surface area contributed by atoms with Crippen molar-refractivity contribution in [2.45, 2.75) is 45.7 Å². The van der Waals surface area contributed by atoms with Crippen molar-refractivity contribution < 1.29 is 9.18 Å². The number of nitrogens with one attached hydrogen (secondary N) is 1. The number of nitrogens with zero attached hydrogens (tertiary/aromatic N) is 4.